The molecule has 2 aliphatic rings. The van der Waals surface area contributed by atoms with Gasteiger partial charge in [-0.15, -0.1) is 0 Å². The molecule has 0 aromatic rings. The van der Waals surface area contributed by atoms with Gasteiger partial charge < -0.3 is 9.80 Å². The molecule has 0 radical (unpaired) electrons. The van der Waals surface area contributed by atoms with Crippen LogP contribution in [0.3, 0.4) is 0 Å². The molecule has 20 heavy (non-hydrogen) atoms. The normalized spacial score (nSPS) is 24.1. The van der Waals surface area contributed by atoms with Crippen LogP contribution in [0.1, 0.15) is 13.8 Å². The molecule has 0 saturated carbocycles. The summed E-state index contributed by atoms with van der Waals surface area (Å²) in [5.41, 5.74) is 0. The van der Waals surface area contributed by atoms with E-state index >= 15 is 0 Å². The molecule has 2 rings (SSSR count). The predicted molar refractivity (Wildman–Crippen MR) is 82.1 cm³/mol. The van der Waals surface area contributed by atoms with Gasteiger partial charge >= 0.3 is 0 Å². The smallest absolute Gasteiger partial charge is 0.160 e. The van der Waals surface area contributed by atoms with E-state index in [9.17, 15) is 4.79 Å². The highest BCUT2D eigenvalue weighted by atomic mass is 16.1. The first-order valence-electron chi connectivity index (χ1n) is 8.12. The maximum atomic E-state index is 12.2. The van der Waals surface area contributed by atoms with Gasteiger partial charge in [-0.25, -0.2) is 0 Å². The summed E-state index contributed by atoms with van der Waals surface area (Å²) >= 11 is 0. The third kappa shape index (κ3) is 4.81. The van der Waals surface area contributed by atoms with E-state index in [1.165, 1.54) is 0 Å². The Labute approximate surface area is 123 Å². The van der Waals surface area contributed by atoms with Crippen molar-refractivity contribution in [3.8, 4) is 0 Å². The van der Waals surface area contributed by atoms with Crippen LogP contribution in [0.4, 0.5) is 0 Å². The lowest BCUT2D eigenvalue weighted by molar-refractivity contribution is -0.122. The molecule has 0 aromatic heterocycles. The van der Waals surface area contributed by atoms with Crippen LogP contribution in [0.5, 0.6) is 0 Å². The lowest BCUT2D eigenvalue weighted by atomic mass is 10.2. The van der Waals surface area contributed by atoms with Crippen LogP contribution in [0.25, 0.3) is 0 Å². The minimum atomic E-state index is 0.389. The second-order valence-electron chi connectivity index (χ2n) is 5.96. The number of ketones is 1. The van der Waals surface area contributed by atoms with Crippen molar-refractivity contribution in [3.63, 3.8) is 0 Å². The Morgan fingerprint density at radius 2 is 0.950 bits per heavy atom. The highest BCUT2D eigenvalue weighted by molar-refractivity contribution is 5.82. The number of rotatable bonds is 6. The zero-order valence-electron chi connectivity index (χ0n) is 13.2. The molecule has 5 nitrogen and oxygen atoms in total. The molecule has 2 heterocycles. The van der Waals surface area contributed by atoms with Crippen molar-refractivity contribution < 1.29 is 4.79 Å². The quantitative estimate of drug-likeness (QED) is 0.675. The van der Waals surface area contributed by atoms with Crippen molar-refractivity contribution in [1.82, 2.24) is 19.6 Å². The van der Waals surface area contributed by atoms with Gasteiger partial charge in [-0.2, -0.15) is 0 Å². The van der Waals surface area contributed by atoms with Gasteiger partial charge in [0.25, 0.3) is 0 Å². The number of likely N-dealkylation sites (N-methyl/N-ethyl adjacent to an activating group) is 2. The van der Waals surface area contributed by atoms with Gasteiger partial charge in [0.2, 0.25) is 0 Å². The van der Waals surface area contributed by atoms with Gasteiger partial charge in [0, 0.05) is 52.4 Å². The molecule has 0 N–H and O–H groups in total. The first kappa shape index (κ1) is 15.9. The van der Waals surface area contributed by atoms with E-state index in [4.69, 9.17) is 0 Å². The molecular formula is C15H30N4O. The number of piperazine rings is 2. The number of hydrogen-bond donors (Lipinski definition) is 0. The molecule has 0 atom stereocenters. The molecule has 2 saturated heterocycles. The number of carbonyl (C=O) groups is 1. The molecule has 0 amide bonds. The van der Waals surface area contributed by atoms with Crippen molar-refractivity contribution in [2.45, 2.75) is 13.8 Å². The highest BCUT2D eigenvalue weighted by Crippen LogP contribution is 2.03. The second-order valence-corrected chi connectivity index (χ2v) is 5.96. The van der Waals surface area contributed by atoms with Crippen LogP contribution in [0, 0.1) is 0 Å². The van der Waals surface area contributed by atoms with E-state index in [1.807, 2.05) is 0 Å². The summed E-state index contributed by atoms with van der Waals surface area (Å²) in [5.74, 6) is 0.389. The maximum Gasteiger partial charge on any atom is 0.160 e. The highest BCUT2D eigenvalue weighted by Gasteiger charge is 2.21. The minimum absolute atomic E-state index is 0.389. The van der Waals surface area contributed by atoms with Crippen LogP contribution in [-0.4, -0.2) is 104 Å². The Kier molecular flexibility index (Phi) is 6.42. The minimum Gasteiger partial charge on any atom is -0.301 e. The third-order valence-corrected chi connectivity index (χ3v) is 4.62. The topological polar surface area (TPSA) is 30.0 Å². The van der Waals surface area contributed by atoms with Crippen LogP contribution >= 0.6 is 0 Å². The molecule has 0 aliphatic carbocycles. The molecule has 5 heteroatoms. The standard InChI is InChI=1S/C15H30N4O/c1-3-16-5-9-18(10-6-16)13-15(20)14-19-11-7-17(4-2)8-12-19/h3-14H2,1-2H3. The summed E-state index contributed by atoms with van der Waals surface area (Å²) in [6.07, 6.45) is 0. The Morgan fingerprint density at radius 3 is 1.25 bits per heavy atom. The first-order valence-corrected chi connectivity index (χ1v) is 8.12. The maximum absolute atomic E-state index is 12.2. The molecule has 2 fully saturated rings. The second kappa shape index (κ2) is 8.08. The van der Waals surface area contributed by atoms with Crippen LogP contribution in [-0.2, 0) is 4.79 Å². The lowest BCUT2D eigenvalue weighted by Gasteiger charge is -2.35. The predicted octanol–water partition coefficient (Wildman–Crippen LogP) is -0.169. The van der Waals surface area contributed by atoms with Gasteiger partial charge in [0.1, 0.15) is 0 Å². The molecule has 0 spiro atoms. The Hall–Kier alpha value is -0.490. The van der Waals surface area contributed by atoms with Crippen molar-refractivity contribution in [3.05, 3.63) is 0 Å². The molecule has 0 aromatic carbocycles. The number of Topliss-reactive ketones (excluding diaryl/α,β-unsaturated/α-hetero) is 1. The first-order chi connectivity index (χ1) is 9.71. The Balaban J connectivity index is 1.63. The van der Waals surface area contributed by atoms with E-state index in [2.05, 4.69) is 33.4 Å². The third-order valence-electron chi connectivity index (χ3n) is 4.62. The number of carbonyl (C=O) groups excluding carboxylic acids is 1. The Morgan fingerprint density at radius 1 is 0.650 bits per heavy atom. The summed E-state index contributed by atoms with van der Waals surface area (Å²) in [6.45, 7) is 16.6. The van der Waals surface area contributed by atoms with Gasteiger partial charge in [-0.05, 0) is 13.1 Å². The zero-order chi connectivity index (χ0) is 14.4. The molecule has 0 bridgehead atoms. The average molecular weight is 282 g/mol. The summed E-state index contributed by atoms with van der Waals surface area (Å²) in [6, 6.07) is 0. The van der Waals surface area contributed by atoms with Gasteiger partial charge in [-0.1, -0.05) is 13.8 Å². The fourth-order valence-corrected chi connectivity index (χ4v) is 3.08. The average Bonchev–Trinajstić information content (AvgIpc) is 2.49. The SMILES string of the molecule is CCN1CCN(CC(=O)CN2CCN(CC)CC2)CC1. The largest absolute Gasteiger partial charge is 0.301 e. The van der Waals surface area contributed by atoms with Crippen molar-refractivity contribution in [1.29, 1.82) is 0 Å². The fourth-order valence-electron chi connectivity index (χ4n) is 3.08. The summed E-state index contributed by atoms with van der Waals surface area (Å²) in [4.78, 5) is 21.7. The number of nitrogens with zero attached hydrogens (tertiary/aromatic N) is 4. The zero-order valence-corrected chi connectivity index (χ0v) is 13.2. The number of hydrogen-bond acceptors (Lipinski definition) is 5. The van der Waals surface area contributed by atoms with Gasteiger partial charge in [0.05, 0.1) is 13.1 Å². The molecule has 116 valence electrons. The monoisotopic (exact) mass is 282 g/mol. The lowest BCUT2D eigenvalue weighted by Crippen LogP contribution is -2.51. The van der Waals surface area contributed by atoms with Crippen molar-refractivity contribution in [2.24, 2.45) is 0 Å². The van der Waals surface area contributed by atoms with Crippen LogP contribution in [0.2, 0.25) is 0 Å². The van der Waals surface area contributed by atoms with E-state index in [0.29, 0.717) is 18.9 Å². The van der Waals surface area contributed by atoms with E-state index in [1.54, 1.807) is 0 Å². The molecular weight excluding hydrogens is 252 g/mol. The van der Waals surface area contributed by atoms with Gasteiger partial charge in [0.15, 0.2) is 5.78 Å². The van der Waals surface area contributed by atoms with Crippen LogP contribution in [0.15, 0.2) is 0 Å². The Bertz CT molecular complexity index is 266. The summed E-state index contributed by atoms with van der Waals surface area (Å²) in [5, 5.41) is 0. The summed E-state index contributed by atoms with van der Waals surface area (Å²) in [7, 11) is 0. The molecule has 0 unspecified atom stereocenters. The van der Waals surface area contributed by atoms with Crippen molar-refractivity contribution in [2.75, 3.05) is 78.5 Å². The van der Waals surface area contributed by atoms with Crippen molar-refractivity contribution >= 4 is 5.78 Å². The van der Waals surface area contributed by atoms with E-state index in [0.717, 1.165) is 65.4 Å². The summed E-state index contributed by atoms with van der Waals surface area (Å²) < 4.78 is 0. The van der Waals surface area contributed by atoms with E-state index < -0.39 is 0 Å². The van der Waals surface area contributed by atoms with Gasteiger partial charge in [-0.3, -0.25) is 14.6 Å². The van der Waals surface area contributed by atoms with E-state index in [-0.39, 0.29) is 0 Å². The molecule has 2 aliphatic heterocycles. The fraction of sp³-hybridized carbons (Fsp3) is 0.933. The van der Waals surface area contributed by atoms with Crippen LogP contribution < -0.4 is 0 Å².